The number of halogens is 1. The number of aryl methyl sites for hydroxylation is 1. The van der Waals surface area contributed by atoms with Crippen molar-refractivity contribution in [3.8, 4) is 0 Å². The molecule has 2 aliphatic rings. The van der Waals surface area contributed by atoms with E-state index in [1.807, 2.05) is 74.4 Å². The number of hydroxylamine groups is 1. The molecular weight excluding hydrogens is 438 g/mol. The third kappa shape index (κ3) is 3.65. The van der Waals surface area contributed by atoms with Crippen molar-refractivity contribution in [3.63, 3.8) is 0 Å². The molecule has 2 amide bonds. The van der Waals surface area contributed by atoms with Crippen LogP contribution in [0.4, 0.5) is 17.1 Å². The maximum atomic E-state index is 13.6. The highest BCUT2D eigenvalue weighted by molar-refractivity contribution is 6.30. The highest BCUT2D eigenvalue weighted by Gasteiger charge is 2.60. The second-order valence-corrected chi connectivity index (χ2v) is 9.07. The monoisotopic (exact) mass is 461 g/mol. The Morgan fingerprint density at radius 2 is 1.42 bits per heavy atom. The summed E-state index contributed by atoms with van der Waals surface area (Å²) in [5, 5.41) is 2.28. The fraction of sp³-hybridized carbons (Fsp3) is 0.231. The molecule has 3 atom stereocenters. The number of carbonyl (C=O) groups excluding carboxylic acids is 2. The molecule has 5 rings (SSSR count). The maximum absolute atomic E-state index is 13.6. The van der Waals surface area contributed by atoms with Gasteiger partial charge in [-0.05, 0) is 61.0 Å². The summed E-state index contributed by atoms with van der Waals surface area (Å²) in [6, 6.07) is 22.1. The molecule has 3 aromatic rings. The summed E-state index contributed by atoms with van der Waals surface area (Å²) in [6.45, 7) is 1.96. The number of imide groups is 1. The molecule has 6 nitrogen and oxygen atoms in total. The minimum absolute atomic E-state index is 0.257. The lowest BCUT2D eigenvalue weighted by Crippen LogP contribution is -2.37. The van der Waals surface area contributed by atoms with E-state index in [1.54, 1.807) is 29.3 Å². The van der Waals surface area contributed by atoms with Gasteiger partial charge < -0.3 is 4.90 Å². The fourth-order valence-corrected chi connectivity index (χ4v) is 4.61. The van der Waals surface area contributed by atoms with Gasteiger partial charge in [-0.2, -0.15) is 0 Å². The predicted molar refractivity (Wildman–Crippen MR) is 129 cm³/mol. The van der Waals surface area contributed by atoms with Crippen LogP contribution in [0, 0.1) is 12.8 Å². The number of fused-ring (bicyclic) bond motifs is 1. The molecule has 3 aromatic carbocycles. The standard InChI is InChI=1S/C26H24ClN3O3/c1-16-4-10-20(11-5-16)29-25(31)22-23(17-6-12-19(13-7-17)28(2)3)30(33-24(22)26(29)32)21-14-8-18(27)9-15-21/h4-15,22-24H,1-3H3. The van der Waals surface area contributed by atoms with Crippen molar-refractivity contribution in [2.75, 3.05) is 29.0 Å². The number of benzene rings is 3. The zero-order valence-electron chi connectivity index (χ0n) is 18.6. The zero-order valence-corrected chi connectivity index (χ0v) is 19.4. The fourth-order valence-electron chi connectivity index (χ4n) is 4.48. The molecule has 2 aliphatic heterocycles. The first-order valence-corrected chi connectivity index (χ1v) is 11.2. The molecule has 33 heavy (non-hydrogen) atoms. The normalized spacial score (nSPS) is 22.1. The average molecular weight is 462 g/mol. The van der Waals surface area contributed by atoms with Crippen LogP contribution >= 0.6 is 11.6 Å². The van der Waals surface area contributed by atoms with Crippen molar-refractivity contribution >= 4 is 40.5 Å². The molecule has 0 radical (unpaired) electrons. The van der Waals surface area contributed by atoms with E-state index in [-0.39, 0.29) is 11.8 Å². The quantitative estimate of drug-likeness (QED) is 0.524. The number of amides is 2. The molecule has 0 aliphatic carbocycles. The summed E-state index contributed by atoms with van der Waals surface area (Å²) >= 11 is 6.08. The van der Waals surface area contributed by atoms with E-state index in [1.165, 1.54) is 4.90 Å². The molecule has 2 heterocycles. The highest BCUT2D eigenvalue weighted by atomic mass is 35.5. The Morgan fingerprint density at radius 3 is 2.03 bits per heavy atom. The number of anilines is 3. The maximum Gasteiger partial charge on any atom is 0.266 e. The van der Waals surface area contributed by atoms with Gasteiger partial charge in [0, 0.05) is 24.8 Å². The van der Waals surface area contributed by atoms with E-state index in [4.69, 9.17) is 16.4 Å². The average Bonchev–Trinajstić information content (AvgIpc) is 3.31. The Bertz CT molecular complexity index is 1190. The van der Waals surface area contributed by atoms with Crippen molar-refractivity contribution in [2.24, 2.45) is 5.92 Å². The third-order valence-electron chi connectivity index (χ3n) is 6.24. The van der Waals surface area contributed by atoms with Crippen LogP contribution < -0.4 is 14.9 Å². The van der Waals surface area contributed by atoms with Gasteiger partial charge in [0.05, 0.1) is 17.4 Å². The summed E-state index contributed by atoms with van der Waals surface area (Å²) < 4.78 is 0. The van der Waals surface area contributed by atoms with Crippen LogP contribution in [0.3, 0.4) is 0 Å². The van der Waals surface area contributed by atoms with Gasteiger partial charge in [0.25, 0.3) is 5.91 Å². The van der Waals surface area contributed by atoms with Crippen molar-refractivity contribution in [1.82, 2.24) is 0 Å². The predicted octanol–water partition coefficient (Wildman–Crippen LogP) is 4.77. The number of rotatable bonds is 4. The van der Waals surface area contributed by atoms with Crippen LogP contribution in [0.5, 0.6) is 0 Å². The van der Waals surface area contributed by atoms with Gasteiger partial charge in [-0.1, -0.05) is 41.4 Å². The van der Waals surface area contributed by atoms with Crippen LogP contribution in [0.2, 0.25) is 5.02 Å². The molecule has 0 N–H and O–H groups in total. The first-order chi connectivity index (χ1) is 15.8. The van der Waals surface area contributed by atoms with Gasteiger partial charge in [-0.3, -0.25) is 14.4 Å². The summed E-state index contributed by atoms with van der Waals surface area (Å²) in [7, 11) is 3.95. The molecule has 3 unspecified atom stereocenters. The van der Waals surface area contributed by atoms with Gasteiger partial charge in [0.15, 0.2) is 6.10 Å². The van der Waals surface area contributed by atoms with E-state index in [2.05, 4.69) is 0 Å². The van der Waals surface area contributed by atoms with E-state index >= 15 is 0 Å². The van der Waals surface area contributed by atoms with Crippen LogP contribution in [-0.4, -0.2) is 32.0 Å². The second-order valence-electron chi connectivity index (χ2n) is 8.63. The van der Waals surface area contributed by atoms with Crippen molar-refractivity contribution in [3.05, 3.63) is 88.9 Å². The summed E-state index contributed by atoms with van der Waals surface area (Å²) in [4.78, 5) is 36.5. The molecule has 168 valence electrons. The highest BCUT2D eigenvalue weighted by Crippen LogP contribution is 2.47. The zero-order chi connectivity index (χ0) is 23.3. The molecule has 0 aromatic heterocycles. The smallest absolute Gasteiger partial charge is 0.266 e. The Balaban J connectivity index is 1.57. The first-order valence-electron chi connectivity index (χ1n) is 10.8. The van der Waals surface area contributed by atoms with Gasteiger partial charge in [0.1, 0.15) is 5.92 Å². The van der Waals surface area contributed by atoms with Crippen LogP contribution in [0.15, 0.2) is 72.8 Å². The number of hydrogen-bond acceptors (Lipinski definition) is 5. The third-order valence-corrected chi connectivity index (χ3v) is 6.49. The van der Waals surface area contributed by atoms with Gasteiger partial charge in [0.2, 0.25) is 5.91 Å². The number of nitrogens with zero attached hydrogens (tertiary/aromatic N) is 3. The molecule has 2 saturated heterocycles. The lowest BCUT2D eigenvalue weighted by Gasteiger charge is -2.29. The summed E-state index contributed by atoms with van der Waals surface area (Å²) in [6.07, 6.45) is -0.895. The number of carbonyl (C=O) groups is 2. The molecule has 7 heteroatoms. The second kappa shape index (κ2) is 8.21. The number of hydrogen-bond donors (Lipinski definition) is 0. The molecule has 2 fully saturated rings. The van der Waals surface area contributed by atoms with Crippen LogP contribution in [-0.2, 0) is 14.4 Å². The van der Waals surface area contributed by atoms with Crippen molar-refractivity contribution in [2.45, 2.75) is 19.1 Å². The topological polar surface area (TPSA) is 53.1 Å². The SMILES string of the molecule is Cc1ccc(N2C(=O)C3ON(c4ccc(Cl)cc4)C(c4ccc(N(C)C)cc4)C3C2=O)cc1. The van der Waals surface area contributed by atoms with E-state index in [0.29, 0.717) is 10.7 Å². The lowest BCUT2D eigenvalue weighted by atomic mass is 9.90. The Morgan fingerprint density at radius 1 is 0.818 bits per heavy atom. The molecule has 0 spiro atoms. The molecular formula is C26H24ClN3O3. The minimum atomic E-state index is -0.895. The summed E-state index contributed by atoms with van der Waals surface area (Å²) in [5.41, 5.74) is 4.30. The molecule has 0 bridgehead atoms. The Kier molecular flexibility index (Phi) is 5.35. The minimum Gasteiger partial charge on any atom is -0.378 e. The Hall–Kier alpha value is -3.35. The first kappa shape index (κ1) is 21.5. The Labute approximate surface area is 197 Å². The largest absolute Gasteiger partial charge is 0.378 e. The lowest BCUT2D eigenvalue weighted by molar-refractivity contribution is -0.126. The van der Waals surface area contributed by atoms with Gasteiger partial charge in [-0.25, -0.2) is 9.96 Å². The van der Waals surface area contributed by atoms with Gasteiger partial charge in [-0.15, -0.1) is 0 Å². The van der Waals surface area contributed by atoms with E-state index < -0.39 is 18.1 Å². The molecule has 0 saturated carbocycles. The van der Waals surface area contributed by atoms with Crippen molar-refractivity contribution in [1.29, 1.82) is 0 Å². The van der Waals surface area contributed by atoms with Crippen LogP contribution in [0.25, 0.3) is 0 Å². The van der Waals surface area contributed by atoms with Crippen LogP contribution in [0.1, 0.15) is 17.2 Å². The van der Waals surface area contributed by atoms with Gasteiger partial charge >= 0.3 is 0 Å². The van der Waals surface area contributed by atoms with E-state index in [9.17, 15) is 9.59 Å². The van der Waals surface area contributed by atoms with E-state index in [0.717, 1.165) is 22.5 Å². The van der Waals surface area contributed by atoms with Crippen molar-refractivity contribution < 1.29 is 14.4 Å². The summed E-state index contributed by atoms with van der Waals surface area (Å²) in [5.74, 6) is -1.27.